The van der Waals surface area contributed by atoms with Crippen molar-refractivity contribution in [3.05, 3.63) is 11.6 Å². The number of ketones is 1. The molecule has 140 valence electrons. The largest absolute Gasteiger partial charge is 0.377 e. The molecular weight excluding hydrogens is 332 g/mol. The number of aliphatic hydroxyl groups is 1. The summed E-state index contributed by atoms with van der Waals surface area (Å²) in [6.45, 7) is 7.07. The Morgan fingerprint density at radius 2 is 1.88 bits per heavy atom. The van der Waals surface area contributed by atoms with E-state index in [1.807, 2.05) is 6.08 Å². The van der Waals surface area contributed by atoms with Crippen molar-refractivity contribution in [3.63, 3.8) is 0 Å². The Kier molecular flexibility index (Phi) is 4.40. The maximum Gasteiger partial charge on any atom is 0.155 e. The van der Waals surface area contributed by atoms with Crippen LogP contribution in [0.25, 0.3) is 0 Å². The molecule has 25 heavy (non-hydrogen) atoms. The lowest BCUT2D eigenvalue weighted by molar-refractivity contribution is -0.117. The van der Waals surface area contributed by atoms with Gasteiger partial charge in [0.15, 0.2) is 5.78 Å². The van der Waals surface area contributed by atoms with Crippen molar-refractivity contribution in [1.29, 1.82) is 0 Å². The van der Waals surface area contributed by atoms with E-state index >= 15 is 0 Å². The number of hydrogen-bond donors (Lipinski definition) is 1. The van der Waals surface area contributed by atoms with Gasteiger partial charge in [0.2, 0.25) is 0 Å². The van der Waals surface area contributed by atoms with Crippen LogP contribution in [0.4, 0.5) is 0 Å². The first-order chi connectivity index (χ1) is 11.8. The lowest BCUT2D eigenvalue weighted by Gasteiger charge is -2.58. The minimum absolute atomic E-state index is 0.176. The number of fused-ring (bicyclic) bond motifs is 5. The van der Waals surface area contributed by atoms with Gasteiger partial charge in [-0.15, -0.1) is 0 Å². The number of aliphatic hydroxyl groups excluding tert-OH is 1. The van der Waals surface area contributed by atoms with Gasteiger partial charge in [0, 0.05) is 6.42 Å². The molecule has 0 bridgehead atoms. The Balaban J connectivity index is 1.62. The number of carbonyl (C=O) groups is 1. The van der Waals surface area contributed by atoms with Crippen LogP contribution in [-0.2, 0) is 4.79 Å². The zero-order valence-corrected chi connectivity index (χ0v) is 16.7. The molecule has 0 heterocycles. The minimum atomic E-state index is -0.721. The molecule has 0 aromatic rings. The molecule has 0 aromatic heterocycles. The third kappa shape index (κ3) is 2.57. The van der Waals surface area contributed by atoms with Crippen molar-refractivity contribution in [2.24, 2.45) is 40.4 Å². The van der Waals surface area contributed by atoms with Crippen LogP contribution in [0.1, 0.15) is 72.1 Å². The molecule has 2 unspecified atom stereocenters. The van der Waals surface area contributed by atoms with Crippen LogP contribution in [0.5, 0.6) is 0 Å². The molecule has 4 rings (SSSR count). The fourth-order valence-corrected chi connectivity index (χ4v) is 7.83. The number of carbonyl (C=O) groups excluding carboxylic acids is 1. The molecule has 0 aliphatic heterocycles. The second-order valence-electron chi connectivity index (χ2n) is 9.93. The first-order valence-corrected chi connectivity index (χ1v) is 10.8. The van der Waals surface area contributed by atoms with E-state index in [1.165, 1.54) is 37.7 Å². The predicted octanol–water partition coefficient (Wildman–Crippen LogP) is 5.33. The van der Waals surface area contributed by atoms with Gasteiger partial charge in [-0.3, -0.25) is 4.79 Å². The van der Waals surface area contributed by atoms with Crippen LogP contribution in [0, 0.1) is 40.4 Å². The molecule has 2 nitrogen and oxygen atoms in total. The minimum Gasteiger partial charge on any atom is -0.377 e. The molecule has 0 saturated heterocycles. The normalized spacial score (nSPS) is 48.8. The number of allylic oxidation sites excluding steroid dienone is 1. The fraction of sp³-hybridized carbons (Fsp3) is 0.864. The molecule has 8 atom stereocenters. The maximum atomic E-state index is 11.9. The Morgan fingerprint density at radius 1 is 1.12 bits per heavy atom. The highest BCUT2D eigenvalue weighted by molar-refractivity contribution is 6.19. The second kappa shape index (κ2) is 6.09. The molecule has 0 radical (unpaired) electrons. The van der Waals surface area contributed by atoms with Gasteiger partial charge in [0.1, 0.15) is 5.56 Å². The van der Waals surface area contributed by atoms with Crippen LogP contribution in [0.15, 0.2) is 11.6 Å². The van der Waals surface area contributed by atoms with Crippen LogP contribution < -0.4 is 0 Å². The van der Waals surface area contributed by atoms with Gasteiger partial charge >= 0.3 is 0 Å². The molecule has 0 spiro atoms. The van der Waals surface area contributed by atoms with E-state index in [-0.39, 0.29) is 11.3 Å². The summed E-state index contributed by atoms with van der Waals surface area (Å²) in [5.41, 5.74) is 1.32. The quantitative estimate of drug-likeness (QED) is 0.672. The highest BCUT2D eigenvalue weighted by Crippen LogP contribution is 2.67. The van der Waals surface area contributed by atoms with E-state index in [1.54, 1.807) is 0 Å². The zero-order chi connectivity index (χ0) is 18.0. The van der Waals surface area contributed by atoms with E-state index in [4.69, 9.17) is 11.6 Å². The van der Waals surface area contributed by atoms with Gasteiger partial charge in [-0.2, -0.15) is 0 Å². The number of rotatable bonds is 2. The maximum absolute atomic E-state index is 11.9. The van der Waals surface area contributed by atoms with Gasteiger partial charge in [0.05, 0.1) is 0 Å². The molecule has 0 aromatic carbocycles. The lowest BCUT2D eigenvalue weighted by Crippen LogP contribution is -2.51. The Labute approximate surface area is 157 Å². The number of halogens is 1. The van der Waals surface area contributed by atoms with E-state index in [0.29, 0.717) is 17.1 Å². The second-order valence-corrected chi connectivity index (χ2v) is 10.4. The van der Waals surface area contributed by atoms with Crippen LogP contribution in [-0.4, -0.2) is 16.5 Å². The van der Waals surface area contributed by atoms with E-state index < -0.39 is 5.56 Å². The molecule has 0 amide bonds. The molecule has 1 N–H and O–H groups in total. The van der Waals surface area contributed by atoms with E-state index in [2.05, 4.69) is 20.8 Å². The lowest BCUT2D eigenvalue weighted by atomic mass is 9.46. The summed E-state index contributed by atoms with van der Waals surface area (Å²) in [6.07, 6.45) is 11.2. The summed E-state index contributed by atoms with van der Waals surface area (Å²) >= 11 is 6.08. The van der Waals surface area contributed by atoms with Crippen molar-refractivity contribution in [3.8, 4) is 0 Å². The molecule has 4 aliphatic rings. The number of hydrogen-bond acceptors (Lipinski definition) is 2. The molecule has 3 saturated carbocycles. The van der Waals surface area contributed by atoms with Crippen LogP contribution >= 0.6 is 11.6 Å². The average Bonchev–Trinajstić information content (AvgIpc) is 2.92. The Bertz CT molecular complexity index is 597. The van der Waals surface area contributed by atoms with Crippen LogP contribution in [0.3, 0.4) is 0 Å². The zero-order valence-electron chi connectivity index (χ0n) is 15.9. The van der Waals surface area contributed by atoms with E-state index in [0.717, 1.165) is 37.0 Å². The van der Waals surface area contributed by atoms with Gasteiger partial charge in [-0.05, 0) is 91.4 Å². The highest BCUT2D eigenvalue weighted by atomic mass is 35.5. The van der Waals surface area contributed by atoms with Crippen molar-refractivity contribution in [2.45, 2.75) is 77.7 Å². The van der Waals surface area contributed by atoms with E-state index in [9.17, 15) is 9.90 Å². The van der Waals surface area contributed by atoms with Gasteiger partial charge < -0.3 is 5.11 Å². The first-order valence-electron chi connectivity index (χ1n) is 10.3. The van der Waals surface area contributed by atoms with Crippen molar-refractivity contribution in [1.82, 2.24) is 0 Å². The van der Waals surface area contributed by atoms with Gasteiger partial charge in [-0.25, -0.2) is 0 Å². The highest BCUT2D eigenvalue weighted by Gasteiger charge is 2.59. The Hall–Kier alpha value is -0.340. The first kappa shape index (κ1) is 18.0. The predicted molar refractivity (Wildman–Crippen MR) is 101 cm³/mol. The molecule has 3 heteroatoms. The summed E-state index contributed by atoms with van der Waals surface area (Å²) in [5.74, 6) is 3.37. The van der Waals surface area contributed by atoms with Crippen LogP contribution in [0.2, 0.25) is 0 Å². The average molecular weight is 365 g/mol. The third-order valence-electron chi connectivity index (χ3n) is 9.10. The SMILES string of the molecule is CC(C(O)Cl)[C@H]1CC[C@H]2[C@@H]3CCC4=CC(=O)CC[C@]4(C)[C@H]3CC[C@]12C. The molecular formula is C22H33ClO2. The fourth-order valence-electron chi connectivity index (χ4n) is 7.66. The third-order valence-corrected chi connectivity index (χ3v) is 9.50. The summed E-state index contributed by atoms with van der Waals surface area (Å²) in [6, 6.07) is 0. The monoisotopic (exact) mass is 364 g/mol. The van der Waals surface area contributed by atoms with Crippen molar-refractivity contribution in [2.75, 3.05) is 0 Å². The van der Waals surface area contributed by atoms with Crippen molar-refractivity contribution < 1.29 is 9.90 Å². The van der Waals surface area contributed by atoms with Gasteiger partial charge in [0.25, 0.3) is 0 Å². The molecule has 4 aliphatic carbocycles. The summed E-state index contributed by atoms with van der Waals surface area (Å²) < 4.78 is 0. The van der Waals surface area contributed by atoms with Gasteiger partial charge in [-0.1, -0.05) is 37.9 Å². The summed E-state index contributed by atoms with van der Waals surface area (Å²) in [4.78, 5) is 11.9. The number of alkyl halides is 1. The molecule has 3 fully saturated rings. The topological polar surface area (TPSA) is 37.3 Å². The van der Waals surface area contributed by atoms with Crippen molar-refractivity contribution >= 4 is 17.4 Å². The summed E-state index contributed by atoms with van der Waals surface area (Å²) in [7, 11) is 0. The Morgan fingerprint density at radius 3 is 2.60 bits per heavy atom. The smallest absolute Gasteiger partial charge is 0.155 e. The standard InChI is InChI=1S/C22H33ClO2/c1-13(20(23)25)17-6-7-18-16-5-4-14-12-15(24)8-10-21(14,2)19(16)9-11-22(17,18)3/h12-13,16-20,25H,4-11H2,1-3H3/t13?,16-,17+,18-,19-,20?,21-,22+/m0/s1. The summed E-state index contributed by atoms with van der Waals surface area (Å²) in [5, 5.41) is 9.96.